The first-order valence-electron chi connectivity index (χ1n) is 9.31. The van der Waals surface area contributed by atoms with E-state index < -0.39 is 5.60 Å². The smallest absolute Gasteiger partial charge is 0.162 e. The minimum absolute atomic E-state index is 0.199. The Kier molecular flexibility index (Phi) is 5.62. The van der Waals surface area contributed by atoms with Crippen LogP contribution in [0.15, 0.2) is 48.5 Å². The van der Waals surface area contributed by atoms with Crippen molar-refractivity contribution in [2.24, 2.45) is 0 Å². The van der Waals surface area contributed by atoms with Gasteiger partial charge in [0.15, 0.2) is 5.78 Å². The van der Waals surface area contributed by atoms with E-state index in [1.54, 1.807) is 7.11 Å². The van der Waals surface area contributed by atoms with Crippen LogP contribution in [0, 0.1) is 0 Å². The fourth-order valence-corrected chi connectivity index (χ4v) is 3.57. The van der Waals surface area contributed by atoms with Crippen molar-refractivity contribution in [1.82, 2.24) is 0 Å². The molecule has 4 nitrogen and oxygen atoms in total. The molecule has 4 heteroatoms. The minimum atomic E-state index is -0.817. The zero-order valence-electron chi connectivity index (χ0n) is 15.6. The summed E-state index contributed by atoms with van der Waals surface area (Å²) in [5, 5.41) is 11.1. The number of hydrogen-bond donors (Lipinski definition) is 1. The first-order valence-corrected chi connectivity index (χ1v) is 9.31. The van der Waals surface area contributed by atoms with Crippen LogP contribution in [0.2, 0.25) is 0 Å². The Balaban J connectivity index is 1.67. The molecule has 0 radical (unpaired) electrons. The Morgan fingerprint density at radius 1 is 1.15 bits per heavy atom. The molecule has 0 aliphatic carbocycles. The Morgan fingerprint density at radius 2 is 1.85 bits per heavy atom. The average molecular weight is 353 g/mol. The minimum Gasteiger partial charge on any atom is -0.497 e. The van der Waals surface area contributed by atoms with Gasteiger partial charge in [0.05, 0.1) is 12.7 Å². The fraction of sp³-hybridized carbons (Fsp3) is 0.409. The summed E-state index contributed by atoms with van der Waals surface area (Å²) in [6.07, 6.45) is 2.79. The summed E-state index contributed by atoms with van der Waals surface area (Å²) in [6, 6.07) is 15.5. The van der Waals surface area contributed by atoms with Crippen LogP contribution in [0.5, 0.6) is 5.75 Å². The highest BCUT2D eigenvalue weighted by Gasteiger charge is 2.34. The maximum atomic E-state index is 12.0. The molecule has 3 rings (SSSR count). The van der Waals surface area contributed by atoms with E-state index in [0.29, 0.717) is 19.3 Å². The molecule has 0 bridgehead atoms. The van der Waals surface area contributed by atoms with Crippen molar-refractivity contribution in [3.63, 3.8) is 0 Å². The van der Waals surface area contributed by atoms with Crippen molar-refractivity contribution in [2.75, 3.05) is 25.1 Å². The van der Waals surface area contributed by atoms with E-state index >= 15 is 0 Å². The summed E-state index contributed by atoms with van der Waals surface area (Å²) in [6.45, 7) is 3.56. The number of rotatable bonds is 6. The summed E-state index contributed by atoms with van der Waals surface area (Å²) in [4.78, 5) is 14.2. The number of benzene rings is 2. The zero-order chi connectivity index (χ0) is 18.6. The van der Waals surface area contributed by atoms with Crippen molar-refractivity contribution < 1.29 is 14.6 Å². The number of methoxy groups -OCH3 is 1. The second-order valence-electron chi connectivity index (χ2n) is 6.97. The van der Waals surface area contributed by atoms with E-state index in [4.69, 9.17) is 4.74 Å². The predicted octanol–water partition coefficient (Wildman–Crippen LogP) is 4.17. The highest BCUT2D eigenvalue weighted by Crippen LogP contribution is 2.35. The Morgan fingerprint density at radius 3 is 2.46 bits per heavy atom. The lowest BCUT2D eigenvalue weighted by molar-refractivity contribution is 0.0116. The van der Waals surface area contributed by atoms with Crippen LogP contribution in [0.25, 0.3) is 0 Å². The molecule has 138 valence electrons. The molecule has 0 saturated carbocycles. The van der Waals surface area contributed by atoms with Crippen molar-refractivity contribution in [3.05, 3.63) is 59.7 Å². The first kappa shape index (κ1) is 18.5. The van der Waals surface area contributed by atoms with Crippen molar-refractivity contribution in [3.8, 4) is 5.75 Å². The number of nitrogens with zero attached hydrogens (tertiary/aromatic N) is 1. The Bertz CT molecular complexity index is 746. The number of ether oxygens (including phenoxy) is 1. The van der Waals surface area contributed by atoms with Gasteiger partial charge in [-0.2, -0.15) is 0 Å². The van der Waals surface area contributed by atoms with E-state index in [2.05, 4.69) is 4.90 Å². The Labute approximate surface area is 155 Å². The molecule has 1 fully saturated rings. The molecule has 0 spiro atoms. The molecule has 0 atom stereocenters. The van der Waals surface area contributed by atoms with Crippen molar-refractivity contribution in [1.29, 1.82) is 0 Å². The van der Waals surface area contributed by atoms with Gasteiger partial charge < -0.3 is 14.7 Å². The van der Waals surface area contributed by atoms with Gasteiger partial charge in [-0.1, -0.05) is 19.1 Å². The largest absolute Gasteiger partial charge is 0.497 e. The summed E-state index contributed by atoms with van der Waals surface area (Å²) in [7, 11) is 1.64. The lowest BCUT2D eigenvalue weighted by Crippen LogP contribution is -2.42. The summed E-state index contributed by atoms with van der Waals surface area (Å²) < 4.78 is 5.28. The van der Waals surface area contributed by atoms with Gasteiger partial charge in [-0.15, -0.1) is 0 Å². The third-order valence-electron chi connectivity index (χ3n) is 5.23. The van der Waals surface area contributed by atoms with E-state index in [-0.39, 0.29) is 5.78 Å². The maximum Gasteiger partial charge on any atom is 0.162 e. The number of hydrogen-bond acceptors (Lipinski definition) is 4. The molecule has 2 aromatic carbocycles. The Hall–Kier alpha value is -2.33. The number of anilines is 1. The monoisotopic (exact) mass is 353 g/mol. The van der Waals surface area contributed by atoms with Crippen molar-refractivity contribution >= 4 is 11.5 Å². The van der Waals surface area contributed by atoms with Crippen LogP contribution >= 0.6 is 0 Å². The van der Waals surface area contributed by atoms with Gasteiger partial charge in [-0.3, -0.25) is 4.79 Å². The number of Topliss-reactive ketones (excluding diaryl/α,β-unsaturated/α-hetero) is 1. The van der Waals surface area contributed by atoms with Gasteiger partial charge in [-0.05, 0) is 61.2 Å². The van der Waals surface area contributed by atoms with Gasteiger partial charge in [-0.25, -0.2) is 0 Å². The van der Waals surface area contributed by atoms with E-state index in [0.717, 1.165) is 42.1 Å². The van der Waals surface area contributed by atoms with Crippen LogP contribution in [-0.2, 0) is 5.60 Å². The lowest BCUT2D eigenvalue weighted by atomic mass is 9.84. The fourth-order valence-electron chi connectivity index (χ4n) is 3.57. The summed E-state index contributed by atoms with van der Waals surface area (Å²) in [5.41, 5.74) is 1.98. The number of aliphatic hydroxyl groups is 1. The molecule has 2 aromatic rings. The molecule has 1 N–H and O–H groups in total. The number of carbonyl (C=O) groups is 1. The number of piperidine rings is 1. The molecule has 26 heavy (non-hydrogen) atoms. The molecule has 0 aromatic heterocycles. The molecule has 1 aliphatic heterocycles. The molecule has 1 heterocycles. The molecular weight excluding hydrogens is 326 g/mol. The van der Waals surface area contributed by atoms with Crippen LogP contribution in [-0.4, -0.2) is 31.1 Å². The highest BCUT2D eigenvalue weighted by molar-refractivity contribution is 5.96. The molecule has 1 aliphatic rings. The molecule has 0 amide bonds. The SMILES string of the molecule is CCCC(=O)c1ccc(N2CCC(O)(c3cccc(OC)c3)CC2)cc1. The second kappa shape index (κ2) is 7.92. The third-order valence-corrected chi connectivity index (χ3v) is 5.23. The number of carbonyl (C=O) groups excluding carboxylic acids is 1. The maximum absolute atomic E-state index is 12.0. The molecular formula is C22H27NO3. The van der Waals surface area contributed by atoms with Gasteiger partial charge >= 0.3 is 0 Å². The first-order chi connectivity index (χ1) is 12.6. The molecule has 0 unspecified atom stereocenters. The molecule has 1 saturated heterocycles. The van der Waals surface area contributed by atoms with Crippen LogP contribution in [0.3, 0.4) is 0 Å². The quantitative estimate of drug-likeness (QED) is 0.792. The lowest BCUT2D eigenvalue weighted by Gasteiger charge is -2.39. The van der Waals surface area contributed by atoms with Gasteiger partial charge in [0.25, 0.3) is 0 Å². The predicted molar refractivity (Wildman–Crippen MR) is 104 cm³/mol. The second-order valence-corrected chi connectivity index (χ2v) is 6.97. The highest BCUT2D eigenvalue weighted by atomic mass is 16.5. The summed E-state index contributed by atoms with van der Waals surface area (Å²) in [5.74, 6) is 0.968. The topological polar surface area (TPSA) is 49.8 Å². The van der Waals surface area contributed by atoms with Crippen LogP contribution < -0.4 is 9.64 Å². The average Bonchev–Trinajstić information content (AvgIpc) is 2.69. The standard InChI is InChI=1S/C22H27NO3/c1-3-5-21(24)17-8-10-19(11-9-17)23-14-12-22(25,13-15-23)18-6-4-7-20(16-18)26-2/h4,6-11,16,25H,3,5,12-15H2,1-2H3. The summed E-state index contributed by atoms with van der Waals surface area (Å²) >= 11 is 0. The third kappa shape index (κ3) is 3.91. The van der Waals surface area contributed by atoms with Crippen LogP contribution in [0.4, 0.5) is 5.69 Å². The van der Waals surface area contributed by atoms with E-state index in [1.165, 1.54) is 0 Å². The zero-order valence-corrected chi connectivity index (χ0v) is 15.6. The normalized spacial score (nSPS) is 16.3. The van der Waals surface area contributed by atoms with Gasteiger partial charge in [0, 0.05) is 30.8 Å². The van der Waals surface area contributed by atoms with Crippen LogP contribution in [0.1, 0.15) is 48.5 Å². The van der Waals surface area contributed by atoms with Gasteiger partial charge in [0.1, 0.15) is 5.75 Å². The number of ketones is 1. The van der Waals surface area contributed by atoms with Gasteiger partial charge in [0.2, 0.25) is 0 Å². The van der Waals surface area contributed by atoms with Crippen molar-refractivity contribution in [2.45, 2.75) is 38.2 Å². The van der Waals surface area contributed by atoms with E-state index in [1.807, 2.05) is 55.5 Å². The van der Waals surface area contributed by atoms with E-state index in [9.17, 15) is 9.90 Å².